The van der Waals surface area contributed by atoms with Crippen molar-refractivity contribution in [1.82, 2.24) is 0 Å². The van der Waals surface area contributed by atoms with Crippen molar-refractivity contribution < 1.29 is 18.7 Å². The normalized spacial score (nSPS) is 10.1. The molecule has 0 radical (unpaired) electrons. The van der Waals surface area contributed by atoms with Crippen molar-refractivity contribution in [3.05, 3.63) is 29.6 Å². The molecular formula is C10H12FNO3. The van der Waals surface area contributed by atoms with Gasteiger partial charge in [0.25, 0.3) is 0 Å². The fraction of sp³-hybridized carbons (Fsp3) is 0.300. The molecular weight excluding hydrogens is 201 g/mol. The molecule has 82 valence electrons. The van der Waals surface area contributed by atoms with Gasteiger partial charge in [-0.3, -0.25) is 4.79 Å². The van der Waals surface area contributed by atoms with Gasteiger partial charge in [-0.15, -0.1) is 0 Å². The van der Waals surface area contributed by atoms with Gasteiger partial charge in [0.05, 0.1) is 13.3 Å². The highest BCUT2D eigenvalue weighted by molar-refractivity contribution is 5.69. The molecule has 0 bridgehead atoms. The molecule has 0 unspecified atom stereocenters. The molecule has 0 spiro atoms. The molecule has 0 atom stereocenters. The zero-order valence-corrected chi connectivity index (χ0v) is 8.33. The van der Waals surface area contributed by atoms with E-state index in [-0.39, 0.29) is 19.1 Å². The molecule has 0 saturated carbocycles. The lowest BCUT2D eigenvalue weighted by Gasteiger charge is -2.05. The molecule has 0 aliphatic rings. The second kappa shape index (κ2) is 5.43. The van der Waals surface area contributed by atoms with Gasteiger partial charge in [-0.1, -0.05) is 6.07 Å². The molecule has 1 aromatic rings. The molecule has 1 aromatic carbocycles. The molecule has 0 amide bonds. The van der Waals surface area contributed by atoms with E-state index in [2.05, 4.69) is 4.74 Å². The predicted octanol–water partition coefficient (Wildman–Crippen LogP) is 1.18. The monoisotopic (exact) mass is 213 g/mol. The summed E-state index contributed by atoms with van der Waals surface area (Å²) in [4.78, 5) is 10.6. The summed E-state index contributed by atoms with van der Waals surface area (Å²) in [6.45, 7) is 1.52. The summed E-state index contributed by atoms with van der Waals surface area (Å²) in [6, 6.07) is 4.23. The second-order valence-corrected chi connectivity index (χ2v) is 2.87. The molecule has 4 nitrogen and oxygen atoms in total. The van der Waals surface area contributed by atoms with Crippen LogP contribution >= 0.6 is 0 Å². The van der Waals surface area contributed by atoms with E-state index >= 15 is 0 Å². The fourth-order valence-electron chi connectivity index (χ4n) is 1.05. The van der Waals surface area contributed by atoms with E-state index < -0.39 is 11.8 Å². The maximum absolute atomic E-state index is 13.3. The third-order valence-corrected chi connectivity index (χ3v) is 1.64. The van der Waals surface area contributed by atoms with E-state index in [9.17, 15) is 9.18 Å². The Bertz CT molecular complexity index is 355. The Morgan fingerprint density at radius 2 is 2.27 bits per heavy atom. The van der Waals surface area contributed by atoms with Gasteiger partial charge in [-0.2, -0.15) is 0 Å². The summed E-state index contributed by atoms with van der Waals surface area (Å²) < 4.78 is 22.8. The lowest BCUT2D eigenvalue weighted by Crippen LogP contribution is -2.06. The first-order valence-electron chi connectivity index (χ1n) is 4.38. The van der Waals surface area contributed by atoms with E-state index in [1.807, 2.05) is 0 Å². The Morgan fingerprint density at radius 3 is 2.80 bits per heavy atom. The predicted molar refractivity (Wildman–Crippen MR) is 51.6 cm³/mol. The van der Waals surface area contributed by atoms with Crippen LogP contribution in [-0.2, 0) is 16.1 Å². The number of nitrogens with two attached hydrogens (primary N) is 1. The molecule has 0 aromatic heterocycles. The van der Waals surface area contributed by atoms with Crippen LogP contribution in [-0.4, -0.2) is 12.7 Å². The van der Waals surface area contributed by atoms with E-state index in [0.29, 0.717) is 5.56 Å². The molecule has 15 heavy (non-hydrogen) atoms. The second-order valence-electron chi connectivity index (χ2n) is 2.87. The maximum atomic E-state index is 13.3. The minimum absolute atomic E-state index is 0.0767. The van der Waals surface area contributed by atoms with Crippen LogP contribution in [0.3, 0.4) is 0 Å². The topological polar surface area (TPSA) is 61.5 Å². The minimum atomic E-state index is -0.594. The van der Waals surface area contributed by atoms with Gasteiger partial charge in [-0.25, -0.2) is 4.39 Å². The van der Waals surface area contributed by atoms with Crippen molar-refractivity contribution in [3.63, 3.8) is 0 Å². The van der Waals surface area contributed by atoms with Crippen LogP contribution in [0.25, 0.3) is 0 Å². The summed E-state index contributed by atoms with van der Waals surface area (Å²) in [5.41, 5.74) is 5.76. The molecule has 0 aliphatic heterocycles. The van der Waals surface area contributed by atoms with Gasteiger partial charge in [0.15, 0.2) is 11.6 Å². The highest BCUT2D eigenvalue weighted by Crippen LogP contribution is 2.18. The molecule has 0 fully saturated rings. The van der Waals surface area contributed by atoms with Crippen LogP contribution in [0, 0.1) is 5.82 Å². The standard InChI is InChI=1S/C10H12FNO3/c1-7(13)15-10-3-2-8(4-9(10)11)5-14-6-12/h2-4H,5-6,12H2,1H3. The number of hydrogen-bond acceptors (Lipinski definition) is 4. The van der Waals surface area contributed by atoms with Crippen LogP contribution in [0.1, 0.15) is 12.5 Å². The summed E-state index contributed by atoms with van der Waals surface area (Å²) in [6.07, 6.45) is 0. The lowest BCUT2D eigenvalue weighted by atomic mass is 10.2. The highest BCUT2D eigenvalue weighted by atomic mass is 19.1. The van der Waals surface area contributed by atoms with Crippen molar-refractivity contribution in [2.75, 3.05) is 6.73 Å². The smallest absolute Gasteiger partial charge is 0.308 e. The van der Waals surface area contributed by atoms with Gasteiger partial charge in [-0.05, 0) is 17.7 Å². The van der Waals surface area contributed by atoms with Crippen LogP contribution < -0.4 is 10.5 Å². The fourth-order valence-corrected chi connectivity index (χ4v) is 1.05. The average Bonchev–Trinajstić information content (AvgIpc) is 2.18. The number of halogens is 1. The van der Waals surface area contributed by atoms with E-state index in [0.717, 1.165) is 0 Å². The number of benzene rings is 1. The van der Waals surface area contributed by atoms with Crippen LogP contribution in [0.2, 0.25) is 0 Å². The average molecular weight is 213 g/mol. The van der Waals surface area contributed by atoms with Crippen molar-refractivity contribution in [3.8, 4) is 5.75 Å². The largest absolute Gasteiger partial charge is 0.424 e. The van der Waals surface area contributed by atoms with Gasteiger partial charge in [0.1, 0.15) is 0 Å². The Balaban J connectivity index is 2.74. The molecule has 0 heterocycles. The first-order chi connectivity index (χ1) is 7.13. The highest BCUT2D eigenvalue weighted by Gasteiger charge is 2.06. The van der Waals surface area contributed by atoms with Crippen LogP contribution in [0.5, 0.6) is 5.75 Å². The number of carbonyl (C=O) groups excluding carboxylic acids is 1. The van der Waals surface area contributed by atoms with Gasteiger partial charge >= 0.3 is 5.97 Å². The molecule has 2 N–H and O–H groups in total. The van der Waals surface area contributed by atoms with E-state index in [1.54, 1.807) is 6.07 Å². The number of ether oxygens (including phenoxy) is 2. The van der Waals surface area contributed by atoms with Crippen molar-refractivity contribution in [1.29, 1.82) is 0 Å². The Kier molecular flexibility index (Phi) is 4.20. The number of esters is 1. The first-order valence-corrected chi connectivity index (χ1v) is 4.38. The summed E-state index contributed by atoms with van der Waals surface area (Å²) >= 11 is 0. The Morgan fingerprint density at radius 1 is 1.53 bits per heavy atom. The first kappa shape index (κ1) is 11.6. The van der Waals surface area contributed by atoms with Gasteiger partial charge < -0.3 is 15.2 Å². The summed E-state index contributed by atoms with van der Waals surface area (Å²) in [7, 11) is 0. The lowest BCUT2D eigenvalue weighted by molar-refractivity contribution is -0.132. The number of rotatable bonds is 4. The molecule has 1 rings (SSSR count). The zero-order valence-electron chi connectivity index (χ0n) is 8.33. The van der Waals surface area contributed by atoms with Crippen molar-refractivity contribution >= 4 is 5.97 Å². The summed E-state index contributed by atoms with van der Waals surface area (Å²) in [5, 5.41) is 0. The number of hydrogen-bond donors (Lipinski definition) is 1. The Labute approximate surface area is 86.8 Å². The SMILES string of the molecule is CC(=O)Oc1ccc(COCN)cc1F. The maximum Gasteiger partial charge on any atom is 0.308 e. The molecule has 0 saturated heterocycles. The Hall–Kier alpha value is -1.46. The third-order valence-electron chi connectivity index (χ3n) is 1.64. The quantitative estimate of drug-likeness (QED) is 0.463. The van der Waals surface area contributed by atoms with E-state index in [1.165, 1.54) is 19.1 Å². The third kappa shape index (κ3) is 3.65. The minimum Gasteiger partial charge on any atom is -0.424 e. The van der Waals surface area contributed by atoms with Crippen molar-refractivity contribution in [2.45, 2.75) is 13.5 Å². The van der Waals surface area contributed by atoms with Crippen LogP contribution in [0.15, 0.2) is 18.2 Å². The van der Waals surface area contributed by atoms with Gasteiger partial charge in [0.2, 0.25) is 0 Å². The number of carbonyl (C=O) groups is 1. The molecule has 0 aliphatic carbocycles. The van der Waals surface area contributed by atoms with Crippen molar-refractivity contribution in [2.24, 2.45) is 5.73 Å². The van der Waals surface area contributed by atoms with Gasteiger partial charge in [0, 0.05) is 6.92 Å². The van der Waals surface area contributed by atoms with Crippen LogP contribution in [0.4, 0.5) is 4.39 Å². The van der Waals surface area contributed by atoms with E-state index in [4.69, 9.17) is 10.5 Å². The summed E-state index contributed by atoms with van der Waals surface area (Å²) in [5.74, 6) is -1.23. The molecule has 5 heteroatoms. The zero-order chi connectivity index (χ0) is 11.3.